The lowest BCUT2D eigenvalue weighted by atomic mass is 9.90. The summed E-state index contributed by atoms with van der Waals surface area (Å²) < 4.78 is 27.9. The first-order chi connectivity index (χ1) is 15.3. The number of carbonyl (C=O) groups excluding carboxylic acids is 4. The molecule has 1 aromatic heterocycles. The fraction of sp³-hybridized carbons (Fsp3) is 0.600. The van der Waals surface area contributed by atoms with Crippen molar-refractivity contribution in [3.8, 4) is 0 Å². The molecule has 182 valence electrons. The lowest BCUT2D eigenvalue weighted by Gasteiger charge is -2.46. The zero-order valence-electron chi connectivity index (χ0n) is 18.9. The highest BCUT2D eigenvalue weighted by Gasteiger charge is 2.53. The number of aryl methyl sites for hydroxylation is 1. The molecule has 0 aliphatic carbocycles. The van der Waals surface area contributed by atoms with Crippen LogP contribution in [0.2, 0.25) is 0 Å². The molecule has 13 heteroatoms. The third kappa shape index (κ3) is 6.75. The van der Waals surface area contributed by atoms with Gasteiger partial charge < -0.3 is 23.7 Å². The van der Waals surface area contributed by atoms with Gasteiger partial charge in [-0.3, -0.25) is 33.5 Å². The number of rotatable bonds is 7. The maximum Gasteiger partial charge on any atom is 0.330 e. The summed E-state index contributed by atoms with van der Waals surface area (Å²) in [5, 5.41) is 0. The van der Waals surface area contributed by atoms with Gasteiger partial charge in [-0.15, -0.1) is 0 Å². The number of nitrogens with zero attached hydrogens (tertiary/aromatic N) is 1. The maximum absolute atomic E-state index is 12.6. The van der Waals surface area contributed by atoms with Crippen LogP contribution in [0.3, 0.4) is 0 Å². The van der Waals surface area contributed by atoms with Gasteiger partial charge in [0.2, 0.25) is 0 Å². The van der Waals surface area contributed by atoms with E-state index in [1.54, 1.807) is 0 Å². The summed E-state index contributed by atoms with van der Waals surface area (Å²) in [7, 11) is 0. The van der Waals surface area contributed by atoms with Gasteiger partial charge >= 0.3 is 29.6 Å². The minimum absolute atomic E-state index is 0.139. The van der Waals surface area contributed by atoms with E-state index in [1.807, 2.05) is 0 Å². The highest BCUT2D eigenvalue weighted by Crippen LogP contribution is 2.38. The standard InChI is InChI=1S/C20H26N2O11/c1-10-7-22(19(28)21-17(10)27)18-16(32-14(5)26)15(31-13(4)25)6-20(33-18,8-29-11(2)23)9-30-12(3)24/h7,15-16,18H,6,8-9H2,1-5H3,(H,21,27,28)/t15?,16?,18-/m1/s1. The first-order valence-electron chi connectivity index (χ1n) is 9.94. The van der Waals surface area contributed by atoms with Gasteiger partial charge in [-0.2, -0.15) is 0 Å². The Hall–Kier alpha value is -3.48. The molecule has 1 saturated heterocycles. The first-order valence-corrected chi connectivity index (χ1v) is 9.94. The quantitative estimate of drug-likeness (QED) is 0.402. The van der Waals surface area contributed by atoms with Gasteiger partial charge in [0.25, 0.3) is 5.56 Å². The summed E-state index contributed by atoms with van der Waals surface area (Å²) in [4.78, 5) is 73.2. The van der Waals surface area contributed by atoms with E-state index in [-0.39, 0.29) is 12.0 Å². The molecule has 3 atom stereocenters. The van der Waals surface area contributed by atoms with E-state index in [2.05, 4.69) is 4.98 Å². The smallest absolute Gasteiger partial charge is 0.330 e. The van der Waals surface area contributed by atoms with E-state index >= 15 is 0 Å². The van der Waals surface area contributed by atoms with E-state index in [1.165, 1.54) is 13.1 Å². The summed E-state index contributed by atoms with van der Waals surface area (Å²) in [5.74, 6) is -2.81. The van der Waals surface area contributed by atoms with Crippen molar-refractivity contribution in [3.63, 3.8) is 0 Å². The topological polar surface area (TPSA) is 169 Å². The molecule has 1 aliphatic rings. The highest BCUT2D eigenvalue weighted by molar-refractivity contribution is 5.68. The van der Waals surface area contributed by atoms with E-state index in [0.29, 0.717) is 0 Å². The summed E-state index contributed by atoms with van der Waals surface area (Å²) in [6.07, 6.45) is -2.98. The Labute approximate surface area is 187 Å². The number of hydrogen-bond donors (Lipinski definition) is 1. The number of aromatic nitrogens is 2. The van der Waals surface area contributed by atoms with Crippen LogP contribution in [-0.4, -0.2) is 64.5 Å². The molecule has 2 unspecified atom stereocenters. The molecule has 2 heterocycles. The molecule has 0 amide bonds. The zero-order valence-corrected chi connectivity index (χ0v) is 18.9. The molecule has 13 nitrogen and oxygen atoms in total. The van der Waals surface area contributed by atoms with Crippen LogP contribution in [0, 0.1) is 6.92 Å². The molecule has 0 aromatic carbocycles. The second kappa shape index (κ2) is 10.4. The average molecular weight is 470 g/mol. The summed E-state index contributed by atoms with van der Waals surface area (Å²) in [5.41, 5.74) is -2.98. The molecule has 2 rings (SSSR count). The van der Waals surface area contributed by atoms with E-state index in [4.69, 9.17) is 23.7 Å². The second-order valence-corrected chi connectivity index (χ2v) is 7.66. The Bertz CT molecular complexity index is 1020. The Kier molecular flexibility index (Phi) is 8.14. The Morgan fingerprint density at radius 1 is 1.00 bits per heavy atom. The van der Waals surface area contributed by atoms with Crippen molar-refractivity contribution in [1.29, 1.82) is 0 Å². The minimum Gasteiger partial charge on any atom is -0.463 e. The predicted molar refractivity (Wildman–Crippen MR) is 108 cm³/mol. The van der Waals surface area contributed by atoms with Gasteiger partial charge in [-0.1, -0.05) is 0 Å². The largest absolute Gasteiger partial charge is 0.463 e. The van der Waals surface area contributed by atoms with E-state index in [9.17, 15) is 28.8 Å². The van der Waals surface area contributed by atoms with E-state index in [0.717, 1.165) is 32.3 Å². The summed E-state index contributed by atoms with van der Waals surface area (Å²) >= 11 is 0. The second-order valence-electron chi connectivity index (χ2n) is 7.66. The van der Waals surface area contributed by atoms with Crippen LogP contribution in [0.4, 0.5) is 0 Å². The normalized spacial score (nSPS) is 21.5. The molecule has 1 aromatic rings. The average Bonchev–Trinajstić information content (AvgIpc) is 2.69. The van der Waals surface area contributed by atoms with Crippen LogP contribution in [0.15, 0.2) is 15.8 Å². The predicted octanol–water partition coefficient (Wildman–Crippen LogP) is -0.508. The molecular formula is C20H26N2O11. The number of hydrogen-bond acceptors (Lipinski definition) is 11. The lowest BCUT2D eigenvalue weighted by Crippen LogP contribution is -2.60. The van der Waals surface area contributed by atoms with Crippen LogP contribution in [-0.2, 0) is 42.9 Å². The Balaban J connectivity index is 2.66. The molecular weight excluding hydrogens is 444 g/mol. The van der Waals surface area contributed by atoms with Gasteiger partial charge in [0, 0.05) is 45.9 Å². The van der Waals surface area contributed by atoms with Crippen LogP contribution in [0.5, 0.6) is 0 Å². The van der Waals surface area contributed by atoms with Crippen LogP contribution >= 0.6 is 0 Å². The fourth-order valence-corrected chi connectivity index (χ4v) is 3.37. The van der Waals surface area contributed by atoms with Gasteiger partial charge in [0.15, 0.2) is 12.3 Å². The number of nitrogens with one attached hydrogen (secondary N) is 1. The van der Waals surface area contributed by atoms with Gasteiger partial charge in [-0.25, -0.2) is 4.79 Å². The van der Waals surface area contributed by atoms with Crippen LogP contribution < -0.4 is 11.2 Å². The first kappa shape index (κ1) is 25.8. The Morgan fingerprint density at radius 2 is 1.55 bits per heavy atom. The van der Waals surface area contributed by atoms with Gasteiger partial charge in [-0.05, 0) is 6.92 Å². The van der Waals surface area contributed by atoms with Crippen LogP contribution in [0.25, 0.3) is 0 Å². The number of H-pyrrole nitrogens is 1. The number of ether oxygens (including phenoxy) is 5. The van der Waals surface area contributed by atoms with E-state index < -0.39 is 72.4 Å². The highest BCUT2D eigenvalue weighted by atomic mass is 16.6. The monoisotopic (exact) mass is 470 g/mol. The summed E-state index contributed by atoms with van der Waals surface area (Å²) in [6.45, 7) is 5.12. The lowest BCUT2D eigenvalue weighted by molar-refractivity contribution is -0.273. The molecule has 1 aliphatic heterocycles. The molecule has 33 heavy (non-hydrogen) atoms. The van der Waals surface area contributed by atoms with Gasteiger partial charge in [0.1, 0.15) is 24.9 Å². The van der Waals surface area contributed by atoms with Crippen molar-refractivity contribution in [2.24, 2.45) is 0 Å². The molecule has 0 spiro atoms. The molecule has 0 bridgehead atoms. The van der Waals surface area contributed by atoms with Crippen molar-refractivity contribution in [2.45, 2.75) is 65.1 Å². The van der Waals surface area contributed by atoms with Crippen molar-refractivity contribution in [1.82, 2.24) is 9.55 Å². The van der Waals surface area contributed by atoms with Crippen molar-refractivity contribution in [3.05, 3.63) is 32.6 Å². The third-order valence-corrected chi connectivity index (χ3v) is 4.71. The van der Waals surface area contributed by atoms with Crippen molar-refractivity contribution in [2.75, 3.05) is 13.2 Å². The summed E-state index contributed by atoms with van der Waals surface area (Å²) in [6, 6.07) is 0. The number of esters is 4. The molecule has 0 saturated carbocycles. The molecule has 1 fully saturated rings. The minimum atomic E-state index is -1.58. The SMILES string of the molecule is CC(=O)OCC1(COC(C)=O)CC(OC(C)=O)C(OC(C)=O)[C@H](n2cc(C)c(=O)[nH]c2=O)O1. The molecule has 1 N–H and O–H groups in total. The van der Waals surface area contributed by atoms with Crippen LogP contribution in [0.1, 0.15) is 45.9 Å². The van der Waals surface area contributed by atoms with Crippen molar-refractivity contribution < 1.29 is 42.9 Å². The fourth-order valence-electron chi connectivity index (χ4n) is 3.37. The van der Waals surface area contributed by atoms with Gasteiger partial charge in [0.05, 0.1) is 0 Å². The third-order valence-electron chi connectivity index (χ3n) is 4.71. The number of aromatic amines is 1. The Morgan fingerprint density at radius 3 is 2.03 bits per heavy atom. The van der Waals surface area contributed by atoms with Crippen molar-refractivity contribution >= 4 is 23.9 Å². The number of carbonyl (C=O) groups is 4. The molecule has 0 radical (unpaired) electrons. The maximum atomic E-state index is 12.6. The zero-order chi connectivity index (χ0) is 24.9.